The van der Waals surface area contributed by atoms with Crippen molar-refractivity contribution in [3.63, 3.8) is 0 Å². The largest absolute Gasteiger partial charge is 0.478 e. The summed E-state index contributed by atoms with van der Waals surface area (Å²) in [5, 5.41) is 8.38. The minimum atomic E-state index is -0.879. The average Bonchev–Trinajstić information content (AvgIpc) is 2.28. The van der Waals surface area contributed by atoms with E-state index < -0.39 is 5.97 Å². The van der Waals surface area contributed by atoms with Crippen molar-refractivity contribution in [2.75, 3.05) is 0 Å². The maximum absolute atomic E-state index is 10.2. The fourth-order valence-corrected chi connectivity index (χ4v) is 0.929. The van der Waals surface area contributed by atoms with Crippen LogP contribution in [0.25, 0.3) is 0 Å². The van der Waals surface area contributed by atoms with Crippen LogP contribution in [0.3, 0.4) is 0 Å². The van der Waals surface area contributed by atoms with Gasteiger partial charge in [-0.3, -0.25) is 0 Å². The van der Waals surface area contributed by atoms with Crippen LogP contribution in [0.4, 0.5) is 0 Å². The van der Waals surface area contributed by atoms with Gasteiger partial charge in [0, 0.05) is 0 Å². The van der Waals surface area contributed by atoms with Crippen molar-refractivity contribution < 1.29 is 9.90 Å². The summed E-state index contributed by atoms with van der Waals surface area (Å²) in [6, 6.07) is 8.30. The van der Waals surface area contributed by atoms with Gasteiger partial charge >= 0.3 is 5.97 Å². The van der Waals surface area contributed by atoms with Gasteiger partial charge in [-0.25, -0.2) is 4.79 Å². The fourth-order valence-electron chi connectivity index (χ4n) is 0.929. The van der Waals surface area contributed by atoms with Crippen LogP contribution in [0, 0.1) is 0 Å². The van der Waals surface area contributed by atoms with Crippen molar-refractivity contribution >= 4 is 5.97 Å². The van der Waals surface area contributed by atoms with Crippen LogP contribution in [0.15, 0.2) is 43.0 Å². The molecule has 15 heavy (non-hydrogen) atoms. The molecule has 0 aromatic heterocycles. The van der Waals surface area contributed by atoms with Gasteiger partial charge < -0.3 is 5.11 Å². The lowest BCUT2D eigenvalue weighted by Gasteiger charge is -1.88. The predicted molar refractivity (Wildman–Crippen MR) is 63.1 cm³/mol. The SMILES string of the molecule is C=CCCCC.O=C(O)c1ccccc1. The van der Waals surface area contributed by atoms with Crippen LogP contribution in [0.1, 0.15) is 36.5 Å². The zero-order valence-corrected chi connectivity index (χ0v) is 9.15. The summed E-state index contributed by atoms with van der Waals surface area (Å²) in [5.74, 6) is -0.879. The predicted octanol–water partition coefficient (Wildman–Crippen LogP) is 3.75. The third kappa shape index (κ3) is 7.50. The molecule has 0 aliphatic heterocycles. The van der Waals surface area contributed by atoms with E-state index in [9.17, 15) is 4.79 Å². The number of carbonyl (C=O) groups is 1. The molecule has 0 aliphatic rings. The summed E-state index contributed by atoms with van der Waals surface area (Å²) < 4.78 is 0. The van der Waals surface area contributed by atoms with Crippen molar-refractivity contribution in [3.05, 3.63) is 48.6 Å². The molecule has 0 fully saturated rings. The fraction of sp³-hybridized carbons (Fsp3) is 0.308. The summed E-state index contributed by atoms with van der Waals surface area (Å²) in [6.45, 7) is 5.78. The maximum atomic E-state index is 10.2. The number of carboxylic acids is 1. The van der Waals surface area contributed by atoms with Crippen molar-refractivity contribution in [1.29, 1.82) is 0 Å². The van der Waals surface area contributed by atoms with Crippen LogP contribution in [-0.2, 0) is 0 Å². The zero-order chi connectivity index (χ0) is 11.5. The second-order valence-electron chi connectivity index (χ2n) is 3.10. The van der Waals surface area contributed by atoms with Crippen LogP contribution in [0.2, 0.25) is 0 Å². The van der Waals surface area contributed by atoms with E-state index in [1.54, 1.807) is 30.3 Å². The van der Waals surface area contributed by atoms with Crippen LogP contribution >= 0.6 is 0 Å². The molecule has 0 saturated heterocycles. The Bertz CT molecular complexity index is 278. The first kappa shape index (κ1) is 13.4. The number of unbranched alkanes of at least 4 members (excludes halogenated alkanes) is 2. The van der Waals surface area contributed by atoms with Gasteiger partial charge in [-0.2, -0.15) is 0 Å². The number of allylic oxidation sites excluding steroid dienone is 1. The summed E-state index contributed by atoms with van der Waals surface area (Å²) in [4.78, 5) is 10.2. The molecule has 0 atom stereocenters. The van der Waals surface area contributed by atoms with E-state index in [2.05, 4.69) is 13.5 Å². The summed E-state index contributed by atoms with van der Waals surface area (Å²) >= 11 is 0. The molecule has 0 unspecified atom stereocenters. The molecule has 1 N–H and O–H groups in total. The first-order chi connectivity index (χ1) is 7.22. The molecular weight excluding hydrogens is 188 g/mol. The molecule has 82 valence electrons. The second-order valence-corrected chi connectivity index (χ2v) is 3.10. The minimum Gasteiger partial charge on any atom is -0.478 e. The highest BCUT2D eigenvalue weighted by Crippen LogP contribution is 1.96. The van der Waals surface area contributed by atoms with Crippen LogP contribution in [0.5, 0.6) is 0 Å². The molecule has 1 rings (SSSR count). The quantitative estimate of drug-likeness (QED) is 0.601. The van der Waals surface area contributed by atoms with Crippen molar-refractivity contribution in [2.24, 2.45) is 0 Å². The highest BCUT2D eigenvalue weighted by Gasteiger charge is 1.96. The highest BCUT2D eigenvalue weighted by atomic mass is 16.4. The Morgan fingerprint density at radius 1 is 1.40 bits per heavy atom. The highest BCUT2D eigenvalue weighted by molar-refractivity contribution is 5.87. The molecule has 0 heterocycles. The van der Waals surface area contributed by atoms with Gasteiger partial charge in [0.1, 0.15) is 0 Å². The Hall–Kier alpha value is -1.57. The van der Waals surface area contributed by atoms with Gasteiger partial charge in [0.2, 0.25) is 0 Å². The van der Waals surface area contributed by atoms with Crippen LogP contribution < -0.4 is 0 Å². The van der Waals surface area contributed by atoms with Gasteiger partial charge in [-0.1, -0.05) is 44.0 Å². The third-order valence-electron chi connectivity index (χ3n) is 1.78. The summed E-state index contributed by atoms with van der Waals surface area (Å²) in [6.07, 6.45) is 5.72. The molecule has 1 aromatic carbocycles. The normalized spacial score (nSPS) is 8.60. The standard InChI is InChI=1S/C7H6O2.C6H12/c8-7(9)6-4-2-1-3-5-6;1-3-5-6-4-2/h1-5H,(H,8,9);3H,1,4-6H2,2H3. The third-order valence-corrected chi connectivity index (χ3v) is 1.78. The van der Waals surface area contributed by atoms with E-state index in [4.69, 9.17) is 5.11 Å². The van der Waals surface area contributed by atoms with Gasteiger partial charge in [-0.05, 0) is 18.6 Å². The maximum Gasteiger partial charge on any atom is 0.335 e. The Kier molecular flexibility index (Phi) is 8.06. The smallest absolute Gasteiger partial charge is 0.335 e. The molecule has 0 radical (unpaired) electrons. The topological polar surface area (TPSA) is 37.3 Å². The van der Waals surface area contributed by atoms with Crippen LogP contribution in [-0.4, -0.2) is 11.1 Å². The Balaban J connectivity index is 0.000000288. The molecule has 2 heteroatoms. The van der Waals surface area contributed by atoms with Gasteiger partial charge in [0.25, 0.3) is 0 Å². The molecule has 2 nitrogen and oxygen atoms in total. The molecule has 0 spiro atoms. The number of hydrogen-bond acceptors (Lipinski definition) is 1. The Morgan fingerprint density at radius 2 is 2.00 bits per heavy atom. The lowest BCUT2D eigenvalue weighted by atomic mass is 10.2. The molecular formula is C13H18O2. The summed E-state index contributed by atoms with van der Waals surface area (Å²) in [7, 11) is 0. The second kappa shape index (κ2) is 9.00. The van der Waals surface area contributed by atoms with E-state index in [0.29, 0.717) is 5.56 Å². The van der Waals surface area contributed by atoms with E-state index in [-0.39, 0.29) is 0 Å². The van der Waals surface area contributed by atoms with Crippen molar-refractivity contribution in [1.82, 2.24) is 0 Å². The van der Waals surface area contributed by atoms with E-state index in [1.165, 1.54) is 19.3 Å². The first-order valence-electron chi connectivity index (χ1n) is 5.11. The first-order valence-corrected chi connectivity index (χ1v) is 5.11. The van der Waals surface area contributed by atoms with Gasteiger partial charge in [0.15, 0.2) is 0 Å². The number of carboxylic acid groups (broad SMARTS) is 1. The van der Waals surface area contributed by atoms with Crippen molar-refractivity contribution in [2.45, 2.75) is 26.2 Å². The summed E-state index contributed by atoms with van der Waals surface area (Å²) in [5.41, 5.74) is 0.331. The number of benzene rings is 1. The van der Waals surface area contributed by atoms with E-state index in [1.807, 2.05) is 6.08 Å². The molecule has 0 bridgehead atoms. The Labute approximate surface area is 91.3 Å². The van der Waals surface area contributed by atoms with Gasteiger partial charge in [0.05, 0.1) is 5.56 Å². The zero-order valence-electron chi connectivity index (χ0n) is 9.15. The molecule has 0 saturated carbocycles. The Morgan fingerprint density at radius 3 is 2.27 bits per heavy atom. The number of aromatic carboxylic acids is 1. The number of rotatable bonds is 4. The number of hydrogen-bond donors (Lipinski definition) is 1. The monoisotopic (exact) mass is 206 g/mol. The molecule has 0 aliphatic carbocycles. The van der Waals surface area contributed by atoms with Crippen molar-refractivity contribution in [3.8, 4) is 0 Å². The van der Waals surface area contributed by atoms with Gasteiger partial charge in [-0.15, -0.1) is 6.58 Å². The molecule has 0 amide bonds. The van der Waals surface area contributed by atoms with E-state index in [0.717, 1.165) is 0 Å². The lowest BCUT2D eigenvalue weighted by Crippen LogP contribution is -1.93. The lowest BCUT2D eigenvalue weighted by molar-refractivity contribution is 0.0697. The molecule has 1 aromatic rings. The minimum absolute atomic E-state index is 0.331. The van der Waals surface area contributed by atoms with E-state index >= 15 is 0 Å². The average molecular weight is 206 g/mol.